The fraction of sp³-hybridized carbons (Fsp3) is 0.429. The van der Waals surface area contributed by atoms with Crippen molar-refractivity contribution < 1.29 is 18.7 Å². The van der Waals surface area contributed by atoms with E-state index >= 15 is 0 Å². The van der Waals surface area contributed by atoms with E-state index in [4.69, 9.17) is 22.1 Å². The number of ether oxygens (including phenoxy) is 1. The number of likely N-dealkylation sites (tertiary alicyclic amines) is 1. The first kappa shape index (κ1) is 15.6. The molecule has 1 saturated heterocycles. The van der Waals surface area contributed by atoms with Crippen LogP contribution < -0.4 is 10.5 Å². The number of carbonyl (C=O) groups excluding carboxylic acids is 2. The van der Waals surface area contributed by atoms with Crippen LogP contribution in [0, 0.1) is 5.82 Å². The summed E-state index contributed by atoms with van der Waals surface area (Å²) >= 11 is 5.63. The van der Waals surface area contributed by atoms with Crippen molar-refractivity contribution in [1.29, 1.82) is 0 Å². The highest BCUT2D eigenvalue weighted by molar-refractivity contribution is 6.30. The monoisotopic (exact) mass is 314 g/mol. The zero-order valence-corrected chi connectivity index (χ0v) is 12.1. The topological polar surface area (TPSA) is 72.6 Å². The van der Waals surface area contributed by atoms with E-state index < -0.39 is 17.8 Å². The van der Waals surface area contributed by atoms with Crippen LogP contribution in [0.15, 0.2) is 18.2 Å². The van der Waals surface area contributed by atoms with E-state index in [1.54, 1.807) is 0 Å². The van der Waals surface area contributed by atoms with Gasteiger partial charge in [0.2, 0.25) is 5.91 Å². The molecule has 1 aromatic rings. The number of primary amides is 1. The third-order valence-corrected chi connectivity index (χ3v) is 3.69. The Bertz CT molecular complexity index is 553. The minimum atomic E-state index is -0.577. The average Bonchev–Trinajstić information content (AvgIpc) is 2.48. The first-order valence-corrected chi connectivity index (χ1v) is 7.03. The van der Waals surface area contributed by atoms with E-state index in [1.807, 2.05) is 0 Å². The van der Waals surface area contributed by atoms with Crippen molar-refractivity contribution in [1.82, 2.24) is 4.90 Å². The summed E-state index contributed by atoms with van der Waals surface area (Å²) in [4.78, 5) is 24.9. The van der Waals surface area contributed by atoms with Crippen molar-refractivity contribution in [2.75, 3.05) is 13.2 Å². The molecule has 2 amide bonds. The summed E-state index contributed by atoms with van der Waals surface area (Å²) in [6.07, 6.45) is 2.27. The number of benzene rings is 1. The van der Waals surface area contributed by atoms with Gasteiger partial charge in [0.15, 0.2) is 6.61 Å². The number of piperidine rings is 1. The van der Waals surface area contributed by atoms with Gasteiger partial charge < -0.3 is 15.4 Å². The highest BCUT2D eigenvalue weighted by atomic mass is 35.5. The van der Waals surface area contributed by atoms with Crippen molar-refractivity contribution >= 4 is 23.4 Å². The van der Waals surface area contributed by atoms with Crippen molar-refractivity contribution in [3.8, 4) is 5.75 Å². The van der Waals surface area contributed by atoms with Gasteiger partial charge in [0.1, 0.15) is 17.6 Å². The molecule has 1 fully saturated rings. The standard InChI is InChI=1S/C14H16ClFN2O3/c15-10-7-9(4-5-11(10)16)21-8-13(19)18-6-2-1-3-12(18)14(17)20/h4-5,7,12H,1-3,6,8H2,(H2,17,20)/t12-/m1/s1. The van der Waals surface area contributed by atoms with Gasteiger partial charge in [-0.3, -0.25) is 9.59 Å². The third-order valence-electron chi connectivity index (χ3n) is 3.40. The zero-order valence-electron chi connectivity index (χ0n) is 11.4. The van der Waals surface area contributed by atoms with Crippen LogP contribution in [0.25, 0.3) is 0 Å². The van der Waals surface area contributed by atoms with Gasteiger partial charge in [0.25, 0.3) is 5.91 Å². The lowest BCUT2D eigenvalue weighted by molar-refractivity contribution is -0.142. The van der Waals surface area contributed by atoms with Crippen LogP contribution in [0.3, 0.4) is 0 Å². The van der Waals surface area contributed by atoms with Crippen LogP contribution in [0.4, 0.5) is 4.39 Å². The first-order valence-electron chi connectivity index (χ1n) is 6.65. The lowest BCUT2D eigenvalue weighted by Crippen LogP contribution is -2.51. The summed E-state index contributed by atoms with van der Waals surface area (Å²) in [5.41, 5.74) is 5.31. The fourth-order valence-corrected chi connectivity index (χ4v) is 2.49. The summed E-state index contributed by atoms with van der Waals surface area (Å²) in [6, 6.07) is 3.27. The van der Waals surface area contributed by atoms with Gasteiger partial charge in [0, 0.05) is 12.6 Å². The first-order chi connectivity index (χ1) is 9.99. The van der Waals surface area contributed by atoms with Gasteiger partial charge in [-0.05, 0) is 31.4 Å². The number of nitrogens with zero attached hydrogens (tertiary/aromatic N) is 1. The van der Waals surface area contributed by atoms with Gasteiger partial charge >= 0.3 is 0 Å². The molecule has 2 N–H and O–H groups in total. The number of hydrogen-bond acceptors (Lipinski definition) is 3. The highest BCUT2D eigenvalue weighted by Crippen LogP contribution is 2.22. The Labute approximate surface area is 126 Å². The Morgan fingerprint density at radius 2 is 2.19 bits per heavy atom. The summed E-state index contributed by atoms with van der Waals surface area (Å²) < 4.78 is 18.3. The van der Waals surface area contributed by atoms with Crippen LogP contribution in [0.1, 0.15) is 19.3 Å². The summed E-state index contributed by atoms with van der Waals surface area (Å²) in [7, 11) is 0. The molecule has 0 aliphatic carbocycles. The molecule has 0 aromatic heterocycles. The molecule has 21 heavy (non-hydrogen) atoms. The number of carbonyl (C=O) groups is 2. The molecule has 0 radical (unpaired) electrons. The van der Waals surface area contributed by atoms with Crippen LogP contribution in [0.5, 0.6) is 5.75 Å². The summed E-state index contributed by atoms with van der Waals surface area (Å²) in [6.45, 7) is 0.242. The van der Waals surface area contributed by atoms with Gasteiger partial charge in [-0.1, -0.05) is 11.6 Å². The quantitative estimate of drug-likeness (QED) is 0.919. The molecular formula is C14H16ClFN2O3. The number of hydrogen-bond donors (Lipinski definition) is 1. The second-order valence-corrected chi connectivity index (χ2v) is 5.27. The van der Waals surface area contributed by atoms with Crippen LogP contribution in [0.2, 0.25) is 5.02 Å². The molecule has 1 aliphatic rings. The minimum absolute atomic E-state index is 0.0760. The van der Waals surface area contributed by atoms with Gasteiger partial charge in [-0.25, -0.2) is 4.39 Å². The van der Waals surface area contributed by atoms with Crippen molar-refractivity contribution in [2.24, 2.45) is 5.73 Å². The predicted molar refractivity (Wildman–Crippen MR) is 75.5 cm³/mol. The van der Waals surface area contributed by atoms with Gasteiger partial charge in [-0.15, -0.1) is 0 Å². The average molecular weight is 315 g/mol. The highest BCUT2D eigenvalue weighted by Gasteiger charge is 2.30. The molecule has 1 aliphatic heterocycles. The molecule has 5 nitrogen and oxygen atoms in total. The second-order valence-electron chi connectivity index (χ2n) is 4.87. The van der Waals surface area contributed by atoms with Gasteiger partial charge in [-0.2, -0.15) is 0 Å². The Balaban J connectivity index is 1.96. The molecule has 0 spiro atoms. The molecule has 1 heterocycles. The van der Waals surface area contributed by atoms with Crippen molar-refractivity contribution in [3.05, 3.63) is 29.0 Å². The van der Waals surface area contributed by atoms with Crippen molar-refractivity contribution in [2.45, 2.75) is 25.3 Å². The van der Waals surface area contributed by atoms with E-state index in [0.717, 1.165) is 18.9 Å². The maximum atomic E-state index is 13.0. The maximum Gasteiger partial charge on any atom is 0.261 e. The molecule has 1 aromatic carbocycles. The third kappa shape index (κ3) is 3.85. The predicted octanol–water partition coefficient (Wildman–Crippen LogP) is 1.72. The summed E-state index contributed by atoms with van der Waals surface area (Å²) in [5.74, 6) is -1.09. The van der Waals surface area contributed by atoms with Crippen LogP contribution in [-0.4, -0.2) is 35.9 Å². The molecule has 2 rings (SSSR count). The lowest BCUT2D eigenvalue weighted by atomic mass is 10.0. The van der Waals surface area contributed by atoms with E-state index in [2.05, 4.69) is 0 Å². The van der Waals surface area contributed by atoms with Crippen molar-refractivity contribution in [3.63, 3.8) is 0 Å². The Morgan fingerprint density at radius 1 is 1.43 bits per heavy atom. The van der Waals surface area contributed by atoms with E-state index in [-0.39, 0.29) is 17.5 Å². The van der Waals surface area contributed by atoms with E-state index in [1.165, 1.54) is 17.0 Å². The Morgan fingerprint density at radius 3 is 2.86 bits per heavy atom. The lowest BCUT2D eigenvalue weighted by Gasteiger charge is -2.33. The number of halogens is 2. The Kier molecular flexibility index (Phi) is 5.01. The molecule has 0 saturated carbocycles. The molecule has 1 atom stereocenters. The molecule has 0 bridgehead atoms. The largest absolute Gasteiger partial charge is 0.484 e. The fourth-order valence-electron chi connectivity index (χ4n) is 2.32. The second kappa shape index (κ2) is 6.76. The maximum absolute atomic E-state index is 13.0. The van der Waals surface area contributed by atoms with Gasteiger partial charge in [0.05, 0.1) is 5.02 Å². The number of nitrogens with two attached hydrogens (primary N) is 1. The normalized spacial score (nSPS) is 18.4. The molecule has 7 heteroatoms. The Hall–Kier alpha value is -1.82. The van der Waals surface area contributed by atoms with Crippen LogP contribution in [-0.2, 0) is 9.59 Å². The van der Waals surface area contributed by atoms with Crippen LogP contribution >= 0.6 is 11.6 Å². The smallest absolute Gasteiger partial charge is 0.261 e. The number of rotatable bonds is 4. The van der Waals surface area contributed by atoms with E-state index in [9.17, 15) is 14.0 Å². The minimum Gasteiger partial charge on any atom is -0.484 e. The van der Waals surface area contributed by atoms with E-state index in [0.29, 0.717) is 18.7 Å². The zero-order chi connectivity index (χ0) is 15.4. The molecule has 114 valence electrons. The number of amides is 2. The SMILES string of the molecule is NC(=O)[C@H]1CCCCN1C(=O)COc1ccc(F)c(Cl)c1. The molecule has 0 unspecified atom stereocenters. The molecular weight excluding hydrogens is 299 g/mol. The summed E-state index contributed by atoms with van der Waals surface area (Å²) in [5, 5.41) is -0.0760.